The van der Waals surface area contributed by atoms with E-state index in [4.69, 9.17) is 23.8 Å². The lowest BCUT2D eigenvalue weighted by atomic mass is 9.99. The first kappa shape index (κ1) is 34.9. The second kappa shape index (κ2) is 13.8. The highest BCUT2D eigenvalue weighted by Crippen LogP contribution is 2.43. The van der Waals surface area contributed by atoms with E-state index in [1.165, 1.54) is 0 Å². The largest absolute Gasteiger partial charge is 0.456 e. The average Bonchev–Trinajstić information content (AvgIpc) is 4.00. The molecule has 0 atom stereocenters. The summed E-state index contributed by atoms with van der Waals surface area (Å²) in [5.41, 5.74) is 9.06. The van der Waals surface area contributed by atoms with Crippen LogP contribution in [0.25, 0.3) is 127 Å². The second-order valence-electron chi connectivity index (χ2n) is 15.2. The van der Waals surface area contributed by atoms with Crippen molar-refractivity contribution < 1.29 is 8.83 Å². The molecule has 9 aromatic carbocycles. The molecule has 0 spiro atoms. The number of hydrogen-bond acceptors (Lipinski definition) is 5. The lowest BCUT2D eigenvalue weighted by Gasteiger charge is -2.13. The van der Waals surface area contributed by atoms with Gasteiger partial charge >= 0.3 is 0 Å². The van der Waals surface area contributed by atoms with Gasteiger partial charge in [-0.2, -0.15) is 9.97 Å². The van der Waals surface area contributed by atoms with Crippen molar-refractivity contribution in [2.45, 2.75) is 13.8 Å². The van der Waals surface area contributed by atoms with Crippen molar-refractivity contribution in [3.63, 3.8) is 0 Å². The van der Waals surface area contributed by atoms with Crippen molar-refractivity contribution in [2.75, 3.05) is 0 Å². The molecule has 0 saturated carbocycles. The minimum Gasteiger partial charge on any atom is -0.456 e. The molecule has 13 rings (SSSR count). The molecule has 0 unspecified atom stereocenters. The Hall–Kier alpha value is -8.09. The lowest BCUT2D eigenvalue weighted by Crippen LogP contribution is -2.07. The summed E-state index contributed by atoms with van der Waals surface area (Å²) in [5.74, 6) is 1.64. The molecule has 0 aliphatic rings. The van der Waals surface area contributed by atoms with E-state index in [1.807, 2.05) is 50.2 Å². The molecule has 0 amide bonds. The number of fused-ring (bicyclic) bond motifs is 11. The van der Waals surface area contributed by atoms with Crippen LogP contribution in [0.2, 0.25) is 0 Å². The van der Waals surface area contributed by atoms with Gasteiger partial charge in [0.2, 0.25) is 5.95 Å². The van der Waals surface area contributed by atoms with Gasteiger partial charge in [-0.3, -0.25) is 4.57 Å². The van der Waals surface area contributed by atoms with Crippen molar-refractivity contribution in [1.82, 2.24) is 19.5 Å². The van der Waals surface area contributed by atoms with E-state index in [9.17, 15) is 0 Å². The van der Waals surface area contributed by atoms with E-state index in [1.54, 1.807) is 0 Å². The van der Waals surface area contributed by atoms with Gasteiger partial charge in [-0.1, -0.05) is 153 Å². The maximum Gasteiger partial charge on any atom is 0.238 e. The molecular weight excluding hydrogens is 749 g/mol. The van der Waals surface area contributed by atoms with Crippen LogP contribution in [-0.2, 0) is 0 Å². The number of para-hydroxylation sites is 4. The van der Waals surface area contributed by atoms with Crippen molar-refractivity contribution in [1.29, 1.82) is 0 Å². The maximum atomic E-state index is 6.66. The summed E-state index contributed by atoms with van der Waals surface area (Å²) in [6.45, 7) is 4.00. The van der Waals surface area contributed by atoms with E-state index in [0.717, 1.165) is 109 Å². The number of furan rings is 2. The van der Waals surface area contributed by atoms with Crippen molar-refractivity contribution in [3.05, 3.63) is 182 Å². The van der Waals surface area contributed by atoms with Gasteiger partial charge in [-0.05, 0) is 64.0 Å². The number of aromatic nitrogens is 4. The fourth-order valence-electron chi connectivity index (χ4n) is 9.05. The predicted molar refractivity (Wildman–Crippen MR) is 251 cm³/mol. The quantitative estimate of drug-likeness (QED) is 0.178. The normalized spacial score (nSPS) is 11.8. The third-order valence-electron chi connectivity index (χ3n) is 11.8. The minimum atomic E-state index is 0.516. The lowest BCUT2D eigenvalue weighted by molar-refractivity contribution is 0.669. The van der Waals surface area contributed by atoms with E-state index >= 15 is 0 Å². The van der Waals surface area contributed by atoms with Crippen LogP contribution in [-0.4, -0.2) is 19.5 Å². The highest BCUT2D eigenvalue weighted by atomic mass is 16.3. The zero-order valence-electron chi connectivity index (χ0n) is 33.4. The molecule has 4 aromatic heterocycles. The molecular formula is C55H36N4O2. The molecule has 4 heterocycles. The van der Waals surface area contributed by atoms with Gasteiger partial charge in [-0.25, -0.2) is 4.98 Å². The van der Waals surface area contributed by atoms with Crippen LogP contribution in [0.5, 0.6) is 0 Å². The number of benzene rings is 9. The van der Waals surface area contributed by atoms with E-state index in [-0.39, 0.29) is 0 Å². The smallest absolute Gasteiger partial charge is 0.238 e. The van der Waals surface area contributed by atoms with Gasteiger partial charge in [0.25, 0.3) is 0 Å². The van der Waals surface area contributed by atoms with Crippen LogP contribution < -0.4 is 0 Å². The summed E-state index contributed by atoms with van der Waals surface area (Å²) in [5, 5.41) is 11.0. The molecule has 0 aliphatic carbocycles. The Kier molecular flexibility index (Phi) is 7.87. The highest BCUT2D eigenvalue weighted by molar-refractivity contribution is 6.19. The van der Waals surface area contributed by atoms with Gasteiger partial charge in [0.1, 0.15) is 22.3 Å². The Morgan fingerprint density at radius 2 is 0.934 bits per heavy atom. The summed E-state index contributed by atoms with van der Waals surface area (Å²) in [6, 6.07) is 63.4. The van der Waals surface area contributed by atoms with Crippen LogP contribution >= 0.6 is 0 Å². The zero-order valence-corrected chi connectivity index (χ0v) is 33.4. The van der Waals surface area contributed by atoms with Gasteiger partial charge in [0, 0.05) is 54.6 Å². The molecule has 0 aliphatic heterocycles. The third kappa shape index (κ3) is 5.46. The summed E-state index contributed by atoms with van der Waals surface area (Å²) in [4.78, 5) is 16.0. The highest BCUT2D eigenvalue weighted by Gasteiger charge is 2.23. The third-order valence-corrected chi connectivity index (χ3v) is 11.8. The van der Waals surface area contributed by atoms with Crippen molar-refractivity contribution in [2.24, 2.45) is 0 Å². The van der Waals surface area contributed by atoms with Crippen LogP contribution in [0.4, 0.5) is 0 Å². The van der Waals surface area contributed by atoms with Crippen LogP contribution in [0, 0.1) is 0 Å². The SMILES string of the molecule is CC.c1ccc2cc(-c3nc(-c4ccc5c(c4)oc4ccccc45)nc(-n4c5cc6ccccc6cc5c5cccc(-c6cccc7c6oc6ccccc67)c54)n3)ccc2c1. The van der Waals surface area contributed by atoms with Crippen molar-refractivity contribution >= 4 is 87.2 Å². The molecule has 0 bridgehead atoms. The molecule has 0 N–H and O–H groups in total. The number of rotatable bonds is 4. The Balaban J connectivity index is 0.00000197. The fraction of sp³-hybridized carbons (Fsp3) is 0.0364. The molecule has 0 saturated heterocycles. The fourth-order valence-corrected chi connectivity index (χ4v) is 9.05. The molecule has 0 radical (unpaired) electrons. The Morgan fingerprint density at radius 3 is 1.70 bits per heavy atom. The first-order chi connectivity index (χ1) is 30.2. The topological polar surface area (TPSA) is 69.9 Å². The second-order valence-corrected chi connectivity index (χ2v) is 15.2. The number of hydrogen-bond donors (Lipinski definition) is 0. The summed E-state index contributed by atoms with van der Waals surface area (Å²) >= 11 is 0. The average molecular weight is 785 g/mol. The summed E-state index contributed by atoms with van der Waals surface area (Å²) < 4.78 is 15.3. The number of nitrogens with zero attached hydrogens (tertiary/aromatic N) is 4. The van der Waals surface area contributed by atoms with Gasteiger partial charge in [0.15, 0.2) is 11.6 Å². The molecule has 6 heteroatoms. The van der Waals surface area contributed by atoms with E-state index < -0.39 is 0 Å². The zero-order chi connectivity index (χ0) is 40.6. The van der Waals surface area contributed by atoms with Gasteiger partial charge in [0.05, 0.1) is 11.0 Å². The first-order valence-electron chi connectivity index (χ1n) is 20.8. The molecule has 6 nitrogen and oxygen atoms in total. The predicted octanol–water partition coefficient (Wildman–Crippen LogP) is 15.1. The molecule has 13 aromatic rings. The van der Waals surface area contributed by atoms with Gasteiger partial charge in [-0.15, -0.1) is 0 Å². The van der Waals surface area contributed by atoms with Crippen molar-refractivity contribution in [3.8, 4) is 39.9 Å². The maximum absolute atomic E-state index is 6.66. The first-order valence-corrected chi connectivity index (χ1v) is 20.8. The Morgan fingerprint density at radius 1 is 0.377 bits per heavy atom. The summed E-state index contributed by atoms with van der Waals surface area (Å²) in [7, 11) is 0. The summed E-state index contributed by atoms with van der Waals surface area (Å²) in [6.07, 6.45) is 0. The molecule has 0 fully saturated rings. The van der Waals surface area contributed by atoms with E-state index in [2.05, 4.69) is 150 Å². The molecule has 61 heavy (non-hydrogen) atoms. The van der Waals surface area contributed by atoms with Gasteiger partial charge < -0.3 is 8.83 Å². The van der Waals surface area contributed by atoms with E-state index in [0.29, 0.717) is 17.6 Å². The molecule has 288 valence electrons. The monoisotopic (exact) mass is 784 g/mol. The minimum absolute atomic E-state index is 0.516. The Bertz CT molecular complexity index is 3870. The standard InChI is InChI=1S/C53H30N4O2.C2H6/c1-2-12-32-27-35(24-23-31(32)11-1)51-54-52(36-25-26-39-37-15-5-7-21-46(37)58-48(39)30-36)56-53(55-51)57-45-29-34-14-4-3-13-33(34)28-44(45)41-18-9-17-40(49(41)57)43-20-10-19-42-38-16-6-8-22-47(38)59-50(42)43;1-2/h1-30H;1-2H3. The Labute approximate surface area is 350 Å². The van der Waals surface area contributed by atoms with Crippen LogP contribution in [0.1, 0.15) is 13.8 Å². The van der Waals surface area contributed by atoms with Crippen LogP contribution in [0.3, 0.4) is 0 Å². The van der Waals surface area contributed by atoms with Crippen LogP contribution in [0.15, 0.2) is 191 Å².